The van der Waals surface area contributed by atoms with Gasteiger partial charge in [-0.3, -0.25) is 14.4 Å². The van der Waals surface area contributed by atoms with Gasteiger partial charge in [0, 0.05) is 19.3 Å². The fourth-order valence-electron chi connectivity index (χ4n) is 11.1. The standard InChI is InChI=1S/C77H140O6/c1-4-7-10-13-16-18-20-22-24-26-28-30-32-34-35-36-37-38-39-40-41-42-44-45-47-49-51-53-55-57-59-61-64-67-70-76(79)82-73-74(72-81-75(78)69-66-63-15-12-9-6-3)83-77(80)71-68-65-62-60-58-56-54-52-50-48-46-43-33-31-29-27-25-23-21-19-17-14-11-8-5-2/h8,11,17,19,23,25,29,31,43,46,74H,4-7,9-10,12-16,18,20-22,24,26-28,30,32-42,44-45,47-73H2,1-3H3/b11-8-,19-17-,25-23-,31-29-,46-43-. The first kappa shape index (κ1) is 80.1. The maximum absolute atomic E-state index is 12.9. The van der Waals surface area contributed by atoms with Gasteiger partial charge in [-0.25, -0.2) is 0 Å². The van der Waals surface area contributed by atoms with Gasteiger partial charge in [0.2, 0.25) is 0 Å². The van der Waals surface area contributed by atoms with Gasteiger partial charge in [-0.05, 0) is 64.2 Å². The maximum Gasteiger partial charge on any atom is 0.306 e. The Morgan fingerprint density at radius 1 is 0.253 bits per heavy atom. The number of carbonyl (C=O) groups excluding carboxylic acids is 3. The molecule has 0 aromatic heterocycles. The number of carbonyl (C=O) groups is 3. The third-order valence-electron chi connectivity index (χ3n) is 16.5. The highest BCUT2D eigenvalue weighted by Crippen LogP contribution is 2.19. The Morgan fingerprint density at radius 2 is 0.470 bits per heavy atom. The molecule has 6 nitrogen and oxygen atoms in total. The highest BCUT2D eigenvalue weighted by Gasteiger charge is 2.19. The summed E-state index contributed by atoms with van der Waals surface area (Å²) in [5.41, 5.74) is 0. The van der Waals surface area contributed by atoms with Gasteiger partial charge in [0.1, 0.15) is 13.2 Å². The molecular formula is C77H140O6. The summed E-state index contributed by atoms with van der Waals surface area (Å²) in [6, 6.07) is 0. The average Bonchev–Trinajstić information content (AvgIpc) is 3.48. The van der Waals surface area contributed by atoms with Crippen molar-refractivity contribution in [1.29, 1.82) is 0 Å². The molecule has 0 aliphatic heterocycles. The number of rotatable bonds is 68. The normalized spacial score (nSPS) is 12.4. The molecule has 0 rings (SSSR count). The average molecular weight is 1160 g/mol. The first-order chi connectivity index (χ1) is 41.0. The Labute approximate surface area is 517 Å². The maximum atomic E-state index is 12.9. The topological polar surface area (TPSA) is 78.9 Å². The van der Waals surface area contributed by atoms with E-state index >= 15 is 0 Å². The van der Waals surface area contributed by atoms with Gasteiger partial charge in [-0.1, -0.05) is 370 Å². The molecule has 83 heavy (non-hydrogen) atoms. The van der Waals surface area contributed by atoms with E-state index in [1.165, 1.54) is 257 Å². The van der Waals surface area contributed by atoms with Crippen molar-refractivity contribution < 1.29 is 28.6 Å². The molecule has 0 aromatic rings. The van der Waals surface area contributed by atoms with E-state index in [9.17, 15) is 14.4 Å². The van der Waals surface area contributed by atoms with E-state index in [2.05, 4.69) is 81.5 Å². The molecule has 1 unspecified atom stereocenters. The molecular weight excluding hydrogens is 1020 g/mol. The summed E-state index contributed by atoms with van der Waals surface area (Å²) < 4.78 is 16.9. The fourth-order valence-corrected chi connectivity index (χ4v) is 11.1. The predicted octanol–water partition coefficient (Wildman–Crippen LogP) is 25.5. The number of hydrogen-bond donors (Lipinski definition) is 0. The van der Waals surface area contributed by atoms with Gasteiger partial charge >= 0.3 is 17.9 Å². The van der Waals surface area contributed by atoms with Gasteiger partial charge in [0.25, 0.3) is 0 Å². The molecule has 0 fully saturated rings. The number of allylic oxidation sites excluding steroid dienone is 10. The van der Waals surface area contributed by atoms with Gasteiger partial charge in [-0.15, -0.1) is 0 Å². The van der Waals surface area contributed by atoms with Crippen LogP contribution in [0.1, 0.15) is 393 Å². The molecule has 0 amide bonds. The lowest BCUT2D eigenvalue weighted by Crippen LogP contribution is -2.30. The van der Waals surface area contributed by atoms with E-state index in [-0.39, 0.29) is 31.1 Å². The summed E-state index contributed by atoms with van der Waals surface area (Å²) in [6.07, 6.45) is 93.2. The first-order valence-electron chi connectivity index (χ1n) is 36.8. The van der Waals surface area contributed by atoms with E-state index in [4.69, 9.17) is 14.2 Å². The Bertz CT molecular complexity index is 1470. The number of hydrogen-bond acceptors (Lipinski definition) is 6. The second kappa shape index (κ2) is 71.6. The van der Waals surface area contributed by atoms with Gasteiger partial charge in [0.15, 0.2) is 6.10 Å². The summed E-state index contributed by atoms with van der Waals surface area (Å²) in [7, 11) is 0. The number of ether oxygens (including phenoxy) is 3. The Kier molecular flexibility index (Phi) is 69.1. The highest BCUT2D eigenvalue weighted by atomic mass is 16.6. The molecule has 0 bridgehead atoms. The van der Waals surface area contributed by atoms with Crippen LogP contribution in [-0.4, -0.2) is 37.2 Å². The van der Waals surface area contributed by atoms with Crippen LogP contribution in [0.2, 0.25) is 0 Å². The zero-order chi connectivity index (χ0) is 59.9. The van der Waals surface area contributed by atoms with Crippen molar-refractivity contribution in [2.45, 2.75) is 399 Å². The van der Waals surface area contributed by atoms with E-state index in [0.717, 1.165) is 96.3 Å². The third kappa shape index (κ3) is 69.8. The zero-order valence-electron chi connectivity index (χ0n) is 55.7. The lowest BCUT2D eigenvalue weighted by Gasteiger charge is -2.18. The molecule has 1 atom stereocenters. The van der Waals surface area contributed by atoms with Crippen LogP contribution in [0.3, 0.4) is 0 Å². The quantitative estimate of drug-likeness (QED) is 0.0261. The van der Waals surface area contributed by atoms with Crippen molar-refractivity contribution in [3.05, 3.63) is 60.8 Å². The molecule has 0 spiro atoms. The van der Waals surface area contributed by atoms with E-state index in [1.54, 1.807) is 0 Å². The molecule has 0 radical (unpaired) electrons. The van der Waals surface area contributed by atoms with Crippen molar-refractivity contribution in [1.82, 2.24) is 0 Å². The molecule has 0 aliphatic carbocycles. The number of esters is 3. The summed E-state index contributed by atoms with van der Waals surface area (Å²) in [5, 5.41) is 0. The minimum atomic E-state index is -0.774. The molecule has 0 N–H and O–H groups in total. The second-order valence-corrected chi connectivity index (χ2v) is 24.8. The van der Waals surface area contributed by atoms with Crippen molar-refractivity contribution in [2.24, 2.45) is 0 Å². The molecule has 6 heteroatoms. The monoisotopic (exact) mass is 1160 g/mol. The SMILES string of the molecule is CC/C=C\C/C=C\C/C=C\C/C=C\C/C=C\CCCCCCCCCCCC(=O)OC(COC(=O)CCCCCCCC)COC(=O)CCCCCCCCCCCCCCCCCCCCCCCCCCCCCCCCCCCC. The van der Waals surface area contributed by atoms with Crippen molar-refractivity contribution >= 4 is 17.9 Å². The van der Waals surface area contributed by atoms with Crippen LogP contribution in [0.4, 0.5) is 0 Å². The van der Waals surface area contributed by atoms with Gasteiger partial charge in [0.05, 0.1) is 0 Å². The summed E-state index contributed by atoms with van der Waals surface area (Å²) in [5.74, 6) is -0.868. The van der Waals surface area contributed by atoms with Crippen LogP contribution in [0.15, 0.2) is 60.8 Å². The van der Waals surface area contributed by atoms with Crippen LogP contribution in [0.25, 0.3) is 0 Å². The molecule has 484 valence electrons. The van der Waals surface area contributed by atoms with Gasteiger partial charge in [-0.2, -0.15) is 0 Å². The van der Waals surface area contributed by atoms with E-state index in [0.29, 0.717) is 19.3 Å². The lowest BCUT2D eigenvalue weighted by atomic mass is 10.0. The largest absolute Gasteiger partial charge is 0.462 e. The minimum Gasteiger partial charge on any atom is -0.462 e. The van der Waals surface area contributed by atoms with Crippen LogP contribution in [0, 0.1) is 0 Å². The molecule has 0 heterocycles. The minimum absolute atomic E-state index is 0.0726. The lowest BCUT2D eigenvalue weighted by molar-refractivity contribution is -0.167. The third-order valence-corrected chi connectivity index (χ3v) is 16.5. The number of unbranched alkanes of at least 4 members (excludes halogenated alkanes) is 47. The van der Waals surface area contributed by atoms with Crippen molar-refractivity contribution in [3.8, 4) is 0 Å². The van der Waals surface area contributed by atoms with E-state index in [1.807, 2.05) is 0 Å². The highest BCUT2D eigenvalue weighted by molar-refractivity contribution is 5.71. The van der Waals surface area contributed by atoms with Crippen molar-refractivity contribution in [3.63, 3.8) is 0 Å². The zero-order valence-corrected chi connectivity index (χ0v) is 55.7. The van der Waals surface area contributed by atoms with Crippen LogP contribution >= 0.6 is 0 Å². The predicted molar refractivity (Wildman–Crippen MR) is 362 cm³/mol. The van der Waals surface area contributed by atoms with Crippen LogP contribution < -0.4 is 0 Å². The van der Waals surface area contributed by atoms with Gasteiger partial charge < -0.3 is 14.2 Å². The Hall–Kier alpha value is -2.89. The Morgan fingerprint density at radius 3 is 0.735 bits per heavy atom. The molecule has 0 aliphatic rings. The first-order valence-corrected chi connectivity index (χ1v) is 36.8. The summed E-state index contributed by atoms with van der Waals surface area (Å²) in [6.45, 7) is 6.52. The molecule has 0 aromatic carbocycles. The van der Waals surface area contributed by atoms with Crippen LogP contribution in [-0.2, 0) is 28.6 Å². The van der Waals surface area contributed by atoms with Crippen molar-refractivity contribution in [2.75, 3.05) is 13.2 Å². The molecule has 0 saturated carbocycles. The molecule has 0 saturated heterocycles. The summed E-state index contributed by atoms with van der Waals surface area (Å²) in [4.78, 5) is 38.1. The second-order valence-electron chi connectivity index (χ2n) is 24.8. The Balaban J connectivity index is 3.94. The smallest absolute Gasteiger partial charge is 0.306 e. The van der Waals surface area contributed by atoms with Crippen LogP contribution in [0.5, 0.6) is 0 Å². The summed E-state index contributed by atoms with van der Waals surface area (Å²) >= 11 is 0. The fraction of sp³-hybridized carbons (Fsp3) is 0.831. The van der Waals surface area contributed by atoms with E-state index < -0.39 is 6.10 Å².